The lowest BCUT2D eigenvalue weighted by atomic mass is 10.3. The van der Waals surface area contributed by atoms with Gasteiger partial charge in [-0.15, -0.1) is 0 Å². The molecule has 0 aromatic heterocycles. The number of hydrogen-bond donors (Lipinski definition) is 3. The number of hydrogen-bond acceptors (Lipinski definition) is 3. The van der Waals surface area contributed by atoms with E-state index in [1.165, 1.54) is 0 Å². The van der Waals surface area contributed by atoms with Crippen molar-refractivity contribution in [2.45, 2.75) is 6.43 Å². The Morgan fingerprint density at radius 1 is 1.29 bits per heavy atom. The highest BCUT2D eigenvalue weighted by atomic mass is 19.3. The Bertz CT molecular complexity index is 313. The average Bonchev–Trinajstić information content (AvgIpc) is 2.16. The molecule has 0 aliphatic rings. The summed E-state index contributed by atoms with van der Waals surface area (Å²) in [4.78, 5) is 10.4. The molecular weight excluding hydrogens is 192 g/mol. The van der Waals surface area contributed by atoms with E-state index >= 15 is 0 Å². The molecule has 4 nitrogen and oxygen atoms in total. The second-order valence-corrected chi connectivity index (χ2v) is 2.54. The van der Waals surface area contributed by atoms with Crippen molar-refractivity contribution in [1.29, 1.82) is 0 Å². The van der Waals surface area contributed by atoms with Gasteiger partial charge < -0.3 is 5.73 Å². The molecule has 4 N–H and O–H groups in total. The van der Waals surface area contributed by atoms with Gasteiger partial charge in [-0.05, 0) is 24.3 Å². The van der Waals surface area contributed by atoms with Crippen LogP contribution in [0.5, 0.6) is 0 Å². The van der Waals surface area contributed by atoms with Gasteiger partial charge in [0.05, 0.1) is 5.69 Å². The predicted octanol–water partition coefficient (Wildman–Crippen LogP) is 0.977. The van der Waals surface area contributed by atoms with Crippen molar-refractivity contribution in [3.63, 3.8) is 0 Å². The number of anilines is 2. The fourth-order valence-electron chi connectivity index (χ4n) is 0.755. The van der Waals surface area contributed by atoms with E-state index in [0.29, 0.717) is 11.4 Å². The lowest BCUT2D eigenvalue weighted by molar-refractivity contribution is -0.131. The van der Waals surface area contributed by atoms with Crippen LogP contribution in [0.4, 0.5) is 20.2 Å². The Balaban J connectivity index is 2.46. The molecule has 0 heterocycles. The van der Waals surface area contributed by atoms with Crippen LogP contribution in [0, 0.1) is 0 Å². The number of nitrogens with one attached hydrogen (secondary N) is 2. The summed E-state index contributed by atoms with van der Waals surface area (Å²) in [6.07, 6.45) is -3.03. The predicted molar refractivity (Wildman–Crippen MR) is 48.6 cm³/mol. The van der Waals surface area contributed by atoms with E-state index in [1.54, 1.807) is 24.3 Å². The van der Waals surface area contributed by atoms with E-state index in [9.17, 15) is 13.6 Å². The number of halogens is 2. The summed E-state index contributed by atoms with van der Waals surface area (Å²) in [6, 6.07) is 6.27. The fourth-order valence-corrected chi connectivity index (χ4v) is 0.755. The molecule has 0 atom stereocenters. The number of alkyl halides is 2. The van der Waals surface area contributed by atoms with Crippen molar-refractivity contribution in [3.05, 3.63) is 24.3 Å². The highest BCUT2D eigenvalue weighted by Crippen LogP contribution is 2.09. The van der Waals surface area contributed by atoms with E-state index in [4.69, 9.17) is 5.73 Å². The number of carbonyl (C=O) groups is 1. The maximum absolute atomic E-state index is 11.7. The van der Waals surface area contributed by atoms with Gasteiger partial charge in [0.15, 0.2) is 0 Å². The van der Waals surface area contributed by atoms with Gasteiger partial charge in [-0.3, -0.25) is 15.6 Å². The highest BCUT2D eigenvalue weighted by molar-refractivity contribution is 5.80. The average molecular weight is 201 g/mol. The monoisotopic (exact) mass is 201 g/mol. The van der Waals surface area contributed by atoms with E-state index in [0.717, 1.165) is 0 Å². The molecule has 0 spiro atoms. The molecular formula is C8H9F2N3O. The van der Waals surface area contributed by atoms with Crippen molar-refractivity contribution in [2.75, 3.05) is 11.2 Å². The molecule has 0 bridgehead atoms. The fraction of sp³-hybridized carbons (Fsp3) is 0.125. The second-order valence-electron chi connectivity index (χ2n) is 2.54. The van der Waals surface area contributed by atoms with E-state index in [2.05, 4.69) is 5.43 Å². The van der Waals surface area contributed by atoms with E-state index < -0.39 is 12.3 Å². The molecule has 1 aromatic carbocycles. The van der Waals surface area contributed by atoms with Gasteiger partial charge in [0.1, 0.15) is 0 Å². The molecule has 1 amide bonds. The minimum atomic E-state index is -3.03. The first-order valence-corrected chi connectivity index (χ1v) is 3.79. The van der Waals surface area contributed by atoms with Crippen LogP contribution < -0.4 is 16.6 Å². The number of hydrazine groups is 1. The van der Waals surface area contributed by atoms with Crippen LogP contribution in [0.15, 0.2) is 24.3 Å². The summed E-state index contributed by atoms with van der Waals surface area (Å²) >= 11 is 0. The van der Waals surface area contributed by atoms with Crippen LogP contribution in [0.2, 0.25) is 0 Å². The van der Waals surface area contributed by atoms with Crippen molar-refractivity contribution in [2.24, 2.45) is 0 Å². The largest absolute Gasteiger partial charge is 0.399 e. The van der Waals surface area contributed by atoms with E-state index in [-0.39, 0.29) is 0 Å². The van der Waals surface area contributed by atoms with Crippen LogP contribution in [-0.4, -0.2) is 12.3 Å². The Kier molecular flexibility index (Phi) is 3.22. The third-order valence-electron chi connectivity index (χ3n) is 1.44. The Morgan fingerprint density at radius 2 is 1.86 bits per heavy atom. The zero-order valence-corrected chi connectivity index (χ0v) is 7.13. The van der Waals surface area contributed by atoms with Crippen LogP contribution in [-0.2, 0) is 4.79 Å². The zero-order chi connectivity index (χ0) is 10.6. The summed E-state index contributed by atoms with van der Waals surface area (Å²) in [5, 5.41) is 0. The molecule has 0 radical (unpaired) electrons. The van der Waals surface area contributed by atoms with Crippen LogP contribution >= 0.6 is 0 Å². The standard InChI is InChI=1S/C8H9F2N3O/c9-7(10)8(14)13-12-6-3-1-5(11)2-4-6/h1-4,7,12H,11H2,(H,13,14). The molecule has 0 aliphatic heterocycles. The molecule has 0 aliphatic carbocycles. The van der Waals surface area contributed by atoms with Crippen molar-refractivity contribution in [1.82, 2.24) is 5.43 Å². The van der Waals surface area contributed by atoms with Crippen LogP contribution in [0.25, 0.3) is 0 Å². The summed E-state index contributed by atoms with van der Waals surface area (Å²) < 4.78 is 23.4. The van der Waals surface area contributed by atoms with Crippen molar-refractivity contribution >= 4 is 17.3 Å². The number of nitrogen functional groups attached to an aromatic ring is 1. The Morgan fingerprint density at radius 3 is 2.36 bits per heavy atom. The quantitative estimate of drug-likeness (QED) is 0.504. The smallest absolute Gasteiger partial charge is 0.317 e. The minimum absolute atomic E-state index is 0.480. The molecule has 6 heteroatoms. The first-order chi connectivity index (χ1) is 6.59. The topological polar surface area (TPSA) is 67.2 Å². The van der Waals surface area contributed by atoms with Gasteiger partial charge in [-0.25, -0.2) is 0 Å². The lowest BCUT2D eigenvalue weighted by Crippen LogP contribution is -2.34. The van der Waals surface area contributed by atoms with Crippen LogP contribution in [0.1, 0.15) is 0 Å². The number of carbonyl (C=O) groups excluding carboxylic acids is 1. The SMILES string of the molecule is Nc1ccc(NNC(=O)C(F)F)cc1. The van der Waals surface area contributed by atoms with Crippen molar-refractivity contribution in [3.8, 4) is 0 Å². The molecule has 0 fully saturated rings. The number of benzene rings is 1. The van der Waals surface area contributed by atoms with Gasteiger partial charge in [-0.2, -0.15) is 8.78 Å². The maximum atomic E-state index is 11.7. The third-order valence-corrected chi connectivity index (χ3v) is 1.44. The molecule has 14 heavy (non-hydrogen) atoms. The molecule has 1 rings (SSSR count). The summed E-state index contributed by atoms with van der Waals surface area (Å²) in [7, 11) is 0. The summed E-state index contributed by atoms with van der Waals surface area (Å²) in [6.45, 7) is 0. The number of amides is 1. The molecule has 76 valence electrons. The van der Waals surface area contributed by atoms with Crippen molar-refractivity contribution < 1.29 is 13.6 Å². The first kappa shape index (κ1) is 10.2. The summed E-state index contributed by atoms with van der Waals surface area (Å²) in [5.41, 5.74) is 10.6. The van der Waals surface area contributed by atoms with Gasteiger partial charge in [0.2, 0.25) is 0 Å². The van der Waals surface area contributed by atoms with Gasteiger partial charge >= 0.3 is 12.3 Å². The number of rotatable bonds is 3. The third kappa shape index (κ3) is 2.89. The highest BCUT2D eigenvalue weighted by Gasteiger charge is 2.13. The normalized spacial score (nSPS) is 9.93. The first-order valence-electron chi connectivity index (χ1n) is 3.79. The van der Waals surface area contributed by atoms with Gasteiger partial charge in [-0.1, -0.05) is 0 Å². The minimum Gasteiger partial charge on any atom is -0.399 e. The second kappa shape index (κ2) is 4.40. The Hall–Kier alpha value is -1.85. The molecule has 0 saturated carbocycles. The molecule has 0 saturated heterocycles. The maximum Gasteiger partial charge on any atom is 0.317 e. The zero-order valence-electron chi connectivity index (χ0n) is 7.13. The van der Waals surface area contributed by atoms with Gasteiger partial charge in [0, 0.05) is 5.69 Å². The van der Waals surface area contributed by atoms with Gasteiger partial charge in [0.25, 0.3) is 0 Å². The van der Waals surface area contributed by atoms with Crippen LogP contribution in [0.3, 0.4) is 0 Å². The molecule has 1 aromatic rings. The Labute approximate surface area is 79.1 Å². The summed E-state index contributed by atoms with van der Waals surface area (Å²) in [5.74, 6) is -1.37. The number of nitrogens with two attached hydrogens (primary N) is 1. The molecule has 0 unspecified atom stereocenters. The van der Waals surface area contributed by atoms with E-state index in [1.807, 2.05) is 5.43 Å². The lowest BCUT2D eigenvalue weighted by Gasteiger charge is -2.07.